The van der Waals surface area contributed by atoms with Gasteiger partial charge in [0.2, 0.25) is 0 Å². The van der Waals surface area contributed by atoms with E-state index in [1.165, 1.54) is 6.07 Å². The molecular formula is C23H30FIN6O. The molecule has 0 saturated heterocycles. The fourth-order valence-electron chi connectivity index (χ4n) is 2.90. The number of ether oxygens (including phenoxy) is 1. The van der Waals surface area contributed by atoms with Crippen LogP contribution in [-0.4, -0.2) is 33.4 Å². The molecule has 2 aromatic carbocycles. The number of hydrogen-bond donors (Lipinski definition) is 2. The van der Waals surface area contributed by atoms with Gasteiger partial charge in [0.05, 0.1) is 19.6 Å². The first-order chi connectivity index (χ1) is 15.1. The molecule has 1 unspecified atom stereocenters. The molecule has 1 heterocycles. The Morgan fingerprint density at radius 1 is 1.09 bits per heavy atom. The molecule has 0 aliphatic heterocycles. The molecule has 32 heavy (non-hydrogen) atoms. The van der Waals surface area contributed by atoms with Gasteiger partial charge in [0.1, 0.15) is 11.9 Å². The second-order valence-electron chi connectivity index (χ2n) is 7.19. The SMILES string of the molecule is CCC(CNC(=NCc1ccccc1)NCc1nnc(C)n1C)Oc1ccccc1F.I. The van der Waals surface area contributed by atoms with Crippen molar-refractivity contribution in [2.75, 3.05) is 6.54 Å². The van der Waals surface area contributed by atoms with E-state index in [9.17, 15) is 4.39 Å². The summed E-state index contributed by atoms with van der Waals surface area (Å²) in [4.78, 5) is 4.68. The van der Waals surface area contributed by atoms with E-state index in [0.717, 1.165) is 23.6 Å². The third-order valence-corrected chi connectivity index (χ3v) is 4.94. The number of rotatable bonds is 9. The molecule has 0 fully saturated rings. The Labute approximate surface area is 205 Å². The molecule has 1 aromatic heterocycles. The van der Waals surface area contributed by atoms with Crippen molar-refractivity contribution in [2.24, 2.45) is 12.0 Å². The van der Waals surface area contributed by atoms with E-state index in [-0.39, 0.29) is 41.6 Å². The monoisotopic (exact) mass is 552 g/mol. The Kier molecular flexibility index (Phi) is 10.4. The summed E-state index contributed by atoms with van der Waals surface area (Å²) in [5.41, 5.74) is 1.10. The van der Waals surface area contributed by atoms with E-state index in [1.807, 2.05) is 55.8 Å². The zero-order valence-electron chi connectivity index (χ0n) is 18.6. The fourth-order valence-corrected chi connectivity index (χ4v) is 2.90. The first kappa shape index (κ1) is 25.6. The molecular weight excluding hydrogens is 522 g/mol. The number of nitrogens with one attached hydrogen (secondary N) is 2. The Balaban J connectivity index is 0.00000363. The average molecular weight is 552 g/mol. The van der Waals surface area contributed by atoms with Crippen molar-refractivity contribution in [1.29, 1.82) is 0 Å². The molecule has 0 amide bonds. The Hall–Kier alpha value is -2.69. The summed E-state index contributed by atoms with van der Waals surface area (Å²) in [5.74, 6) is 2.16. The lowest BCUT2D eigenvalue weighted by Crippen LogP contribution is -2.42. The summed E-state index contributed by atoms with van der Waals surface area (Å²) < 4.78 is 21.7. The standard InChI is InChI=1S/C23H29FN6O.HI/c1-4-19(31-21-13-9-8-12-20(21)24)15-26-23(25-14-18-10-6-5-7-11-18)27-16-22-29-28-17(2)30(22)3;/h5-13,19H,4,14-16H2,1-3H3,(H2,25,26,27);1H. The van der Waals surface area contributed by atoms with Crippen LogP contribution in [0.5, 0.6) is 5.75 Å². The zero-order chi connectivity index (χ0) is 22.1. The van der Waals surface area contributed by atoms with Gasteiger partial charge in [-0.1, -0.05) is 49.4 Å². The largest absolute Gasteiger partial charge is 0.486 e. The lowest BCUT2D eigenvalue weighted by Gasteiger charge is -2.20. The molecule has 0 radical (unpaired) electrons. The molecule has 0 bridgehead atoms. The molecule has 0 spiro atoms. The van der Waals surface area contributed by atoms with Gasteiger partial charge in [-0.05, 0) is 31.0 Å². The summed E-state index contributed by atoms with van der Waals surface area (Å²) in [6.45, 7) is 5.39. The van der Waals surface area contributed by atoms with Gasteiger partial charge in [-0.2, -0.15) is 0 Å². The fraction of sp³-hybridized carbons (Fsp3) is 0.348. The number of hydrogen-bond acceptors (Lipinski definition) is 4. The number of nitrogens with zero attached hydrogens (tertiary/aromatic N) is 4. The lowest BCUT2D eigenvalue weighted by atomic mass is 10.2. The van der Waals surface area contributed by atoms with Gasteiger partial charge in [0.15, 0.2) is 23.4 Å². The highest BCUT2D eigenvalue weighted by Crippen LogP contribution is 2.17. The zero-order valence-corrected chi connectivity index (χ0v) is 20.9. The van der Waals surface area contributed by atoms with Crippen molar-refractivity contribution in [1.82, 2.24) is 25.4 Å². The van der Waals surface area contributed by atoms with Gasteiger partial charge in [0, 0.05) is 7.05 Å². The predicted octanol–water partition coefficient (Wildman–Crippen LogP) is 3.97. The molecule has 0 aliphatic rings. The van der Waals surface area contributed by atoms with Gasteiger partial charge in [-0.15, -0.1) is 34.2 Å². The van der Waals surface area contributed by atoms with Gasteiger partial charge in [0.25, 0.3) is 0 Å². The third kappa shape index (κ3) is 7.47. The van der Waals surface area contributed by atoms with E-state index in [4.69, 9.17) is 4.74 Å². The number of benzene rings is 2. The number of guanidine groups is 1. The van der Waals surface area contributed by atoms with Crippen molar-refractivity contribution in [2.45, 2.75) is 39.5 Å². The quantitative estimate of drug-likeness (QED) is 0.239. The van der Waals surface area contributed by atoms with Crippen molar-refractivity contribution >= 4 is 29.9 Å². The molecule has 3 rings (SSSR count). The first-order valence-electron chi connectivity index (χ1n) is 10.4. The van der Waals surface area contributed by atoms with Gasteiger partial charge in [-0.25, -0.2) is 9.38 Å². The van der Waals surface area contributed by atoms with Crippen LogP contribution in [0.15, 0.2) is 59.6 Å². The smallest absolute Gasteiger partial charge is 0.192 e. The molecule has 2 N–H and O–H groups in total. The van der Waals surface area contributed by atoms with Crippen LogP contribution in [0.2, 0.25) is 0 Å². The normalized spacial score (nSPS) is 12.1. The molecule has 9 heteroatoms. The van der Waals surface area contributed by atoms with E-state index in [0.29, 0.717) is 25.6 Å². The van der Waals surface area contributed by atoms with E-state index < -0.39 is 0 Å². The topological polar surface area (TPSA) is 76.4 Å². The highest BCUT2D eigenvalue weighted by atomic mass is 127. The number of halogens is 2. The van der Waals surface area contributed by atoms with Crippen LogP contribution in [0, 0.1) is 12.7 Å². The third-order valence-electron chi connectivity index (χ3n) is 4.94. The number of aryl methyl sites for hydroxylation is 1. The van der Waals surface area contributed by atoms with Crippen LogP contribution in [0.1, 0.15) is 30.6 Å². The van der Waals surface area contributed by atoms with Crippen LogP contribution in [-0.2, 0) is 20.1 Å². The summed E-state index contributed by atoms with van der Waals surface area (Å²) in [6.07, 6.45) is 0.508. The Bertz CT molecular complexity index is 995. The van der Waals surface area contributed by atoms with Crippen LogP contribution >= 0.6 is 24.0 Å². The van der Waals surface area contributed by atoms with Crippen LogP contribution < -0.4 is 15.4 Å². The highest BCUT2D eigenvalue weighted by molar-refractivity contribution is 14.0. The van der Waals surface area contributed by atoms with Crippen molar-refractivity contribution in [3.05, 3.63) is 77.6 Å². The Morgan fingerprint density at radius 3 is 2.47 bits per heavy atom. The highest BCUT2D eigenvalue weighted by Gasteiger charge is 2.13. The number of aliphatic imine (C=N–C) groups is 1. The number of para-hydroxylation sites is 1. The van der Waals surface area contributed by atoms with Crippen LogP contribution in [0.4, 0.5) is 4.39 Å². The minimum Gasteiger partial charge on any atom is -0.486 e. The minimum absolute atomic E-state index is 0. The molecule has 0 saturated carbocycles. The van der Waals surface area contributed by atoms with E-state index in [1.54, 1.807) is 18.2 Å². The van der Waals surface area contributed by atoms with Crippen molar-refractivity contribution in [3.63, 3.8) is 0 Å². The minimum atomic E-state index is -0.366. The Morgan fingerprint density at radius 2 is 1.81 bits per heavy atom. The van der Waals surface area contributed by atoms with E-state index >= 15 is 0 Å². The lowest BCUT2D eigenvalue weighted by molar-refractivity contribution is 0.191. The molecule has 0 aliphatic carbocycles. The summed E-state index contributed by atoms with van der Waals surface area (Å²) in [7, 11) is 1.93. The molecule has 172 valence electrons. The summed E-state index contributed by atoms with van der Waals surface area (Å²) in [6, 6.07) is 16.5. The second kappa shape index (κ2) is 13.0. The van der Waals surface area contributed by atoms with Gasteiger partial charge in [-0.3, -0.25) is 0 Å². The van der Waals surface area contributed by atoms with Crippen molar-refractivity contribution < 1.29 is 9.13 Å². The summed E-state index contributed by atoms with van der Waals surface area (Å²) >= 11 is 0. The number of aromatic nitrogens is 3. The van der Waals surface area contributed by atoms with E-state index in [2.05, 4.69) is 25.8 Å². The maximum absolute atomic E-state index is 13.9. The molecule has 7 nitrogen and oxygen atoms in total. The maximum Gasteiger partial charge on any atom is 0.192 e. The van der Waals surface area contributed by atoms with Gasteiger partial charge >= 0.3 is 0 Å². The summed E-state index contributed by atoms with van der Waals surface area (Å²) in [5, 5.41) is 14.9. The second-order valence-corrected chi connectivity index (χ2v) is 7.19. The van der Waals surface area contributed by atoms with Crippen LogP contribution in [0.25, 0.3) is 0 Å². The van der Waals surface area contributed by atoms with Gasteiger partial charge < -0.3 is 19.9 Å². The predicted molar refractivity (Wildman–Crippen MR) is 135 cm³/mol. The molecule has 1 atom stereocenters. The first-order valence-corrected chi connectivity index (χ1v) is 10.4. The average Bonchev–Trinajstić information content (AvgIpc) is 3.11. The maximum atomic E-state index is 13.9. The molecule has 3 aromatic rings. The van der Waals surface area contributed by atoms with Crippen molar-refractivity contribution in [3.8, 4) is 5.75 Å². The van der Waals surface area contributed by atoms with Crippen LogP contribution in [0.3, 0.4) is 0 Å².